The Kier molecular flexibility index (Phi) is 5.96. The van der Waals surface area contributed by atoms with Gasteiger partial charge in [-0.3, -0.25) is 9.69 Å². The lowest BCUT2D eigenvalue weighted by molar-refractivity contribution is -0.117. The lowest BCUT2D eigenvalue weighted by Crippen LogP contribution is -2.33. The molecule has 0 spiro atoms. The van der Waals surface area contributed by atoms with Crippen LogP contribution in [-0.4, -0.2) is 30.4 Å². The molecule has 0 saturated carbocycles. The zero-order valence-electron chi connectivity index (χ0n) is 11.2. The van der Waals surface area contributed by atoms with Gasteiger partial charge in [0.25, 0.3) is 0 Å². The molecule has 0 radical (unpaired) electrons. The predicted molar refractivity (Wildman–Crippen MR) is 76.6 cm³/mol. The Bertz CT molecular complexity index is 461. The molecule has 1 aromatic carbocycles. The van der Waals surface area contributed by atoms with E-state index in [2.05, 4.69) is 18.5 Å². The molecule has 0 unspecified atom stereocenters. The van der Waals surface area contributed by atoms with Crippen LogP contribution in [-0.2, 0) is 4.79 Å². The molecule has 4 heteroatoms. The van der Waals surface area contributed by atoms with Crippen molar-refractivity contribution in [3.63, 3.8) is 0 Å². The average molecular weight is 262 g/mol. The van der Waals surface area contributed by atoms with Crippen LogP contribution in [0.2, 0.25) is 0 Å². The number of anilines is 1. The number of nitrogens with zero attached hydrogens (tertiary/aromatic N) is 1. The summed E-state index contributed by atoms with van der Waals surface area (Å²) >= 11 is 0. The van der Waals surface area contributed by atoms with Crippen LogP contribution in [0.4, 0.5) is 10.1 Å². The molecule has 0 atom stereocenters. The standard InChI is InChI=1S/C15H19FN2O/c1-4-8-18(9-5-2)11-15(19)17-13-7-6-12(3)14(16)10-13/h4-7,10H,1-2,8-9,11H2,3H3,(H,17,19). The molecule has 0 bridgehead atoms. The van der Waals surface area contributed by atoms with Gasteiger partial charge in [0, 0.05) is 18.8 Å². The van der Waals surface area contributed by atoms with E-state index in [4.69, 9.17) is 0 Å². The minimum absolute atomic E-state index is 0.188. The first-order chi connectivity index (χ1) is 9.06. The number of hydrogen-bond donors (Lipinski definition) is 1. The van der Waals surface area contributed by atoms with Gasteiger partial charge in [0.05, 0.1) is 6.54 Å². The van der Waals surface area contributed by atoms with Crippen molar-refractivity contribution < 1.29 is 9.18 Å². The minimum atomic E-state index is -0.327. The minimum Gasteiger partial charge on any atom is -0.325 e. The van der Waals surface area contributed by atoms with Gasteiger partial charge in [0.1, 0.15) is 5.82 Å². The highest BCUT2D eigenvalue weighted by molar-refractivity contribution is 5.92. The molecule has 19 heavy (non-hydrogen) atoms. The summed E-state index contributed by atoms with van der Waals surface area (Å²) in [5.74, 6) is -0.515. The zero-order chi connectivity index (χ0) is 14.3. The van der Waals surface area contributed by atoms with Gasteiger partial charge in [0.2, 0.25) is 5.91 Å². The highest BCUT2D eigenvalue weighted by Gasteiger charge is 2.09. The summed E-state index contributed by atoms with van der Waals surface area (Å²) in [4.78, 5) is 13.7. The van der Waals surface area contributed by atoms with Crippen LogP contribution < -0.4 is 5.32 Å². The monoisotopic (exact) mass is 262 g/mol. The molecule has 3 nitrogen and oxygen atoms in total. The summed E-state index contributed by atoms with van der Waals surface area (Å²) in [5, 5.41) is 2.67. The fourth-order valence-electron chi connectivity index (χ4n) is 1.64. The molecule has 0 aliphatic rings. The number of carbonyl (C=O) groups excluding carboxylic acids is 1. The Balaban J connectivity index is 2.60. The van der Waals surface area contributed by atoms with Crippen molar-refractivity contribution in [2.45, 2.75) is 6.92 Å². The number of amides is 1. The second-order valence-electron chi connectivity index (χ2n) is 4.28. The summed E-state index contributed by atoms with van der Waals surface area (Å²) in [7, 11) is 0. The second kappa shape index (κ2) is 7.48. The van der Waals surface area contributed by atoms with E-state index >= 15 is 0 Å². The predicted octanol–water partition coefficient (Wildman–Crippen LogP) is 2.75. The number of carbonyl (C=O) groups is 1. The topological polar surface area (TPSA) is 32.3 Å². The first-order valence-electron chi connectivity index (χ1n) is 6.07. The van der Waals surface area contributed by atoms with Crippen LogP contribution in [0.25, 0.3) is 0 Å². The zero-order valence-corrected chi connectivity index (χ0v) is 11.2. The average Bonchev–Trinajstić information content (AvgIpc) is 2.34. The fourth-order valence-corrected chi connectivity index (χ4v) is 1.64. The van der Waals surface area contributed by atoms with E-state index in [1.165, 1.54) is 6.07 Å². The van der Waals surface area contributed by atoms with E-state index in [9.17, 15) is 9.18 Å². The van der Waals surface area contributed by atoms with E-state index in [1.807, 2.05) is 4.90 Å². The Morgan fingerprint density at radius 3 is 2.53 bits per heavy atom. The maximum absolute atomic E-state index is 13.3. The van der Waals surface area contributed by atoms with Crippen LogP contribution in [0.15, 0.2) is 43.5 Å². The smallest absolute Gasteiger partial charge is 0.238 e. The number of rotatable bonds is 7. The SMILES string of the molecule is C=CCN(CC=C)CC(=O)Nc1ccc(C)c(F)c1. The van der Waals surface area contributed by atoms with Crippen LogP contribution >= 0.6 is 0 Å². The third-order valence-corrected chi connectivity index (χ3v) is 2.60. The van der Waals surface area contributed by atoms with Crippen molar-refractivity contribution in [1.29, 1.82) is 0 Å². The maximum Gasteiger partial charge on any atom is 0.238 e. The highest BCUT2D eigenvalue weighted by atomic mass is 19.1. The van der Waals surface area contributed by atoms with Gasteiger partial charge >= 0.3 is 0 Å². The molecule has 0 saturated heterocycles. The molecule has 0 aliphatic carbocycles. The number of benzene rings is 1. The number of aryl methyl sites for hydroxylation is 1. The number of halogens is 1. The Labute approximate surface area is 113 Å². The molecule has 1 amide bonds. The first-order valence-corrected chi connectivity index (χ1v) is 6.07. The molecular weight excluding hydrogens is 243 g/mol. The second-order valence-corrected chi connectivity index (χ2v) is 4.28. The van der Waals surface area contributed by atoms with Gasteiger partial charge in [-0.2, -0.15) is 0 Å². The van der Waals surface area contributed by atoms with Gasteiger partial charge in [-0.1, -0.05) is 18.2 Å². The number of hydrogen-bond acceptors (Lipinski definition) is 2. The lowest BCUT2D eigenvalue weighted by Gasteiger charge is -2.18. The van der Waals surface area contributed by atoms with Crippen LogP contribution in [0, 0.1) is 12.7 Å². The molecule has 1 aromatic rings. The highest BCUT2D eigenvalue weighted by Crippen LogP contribution is 2.13. The van der Waals surface area contributed by atoms with E-state index in [-0.39, 0.29) is 18.3 Å². The third-order valence-electron chi connectivity index (χ3n) is 2.60. The summed E-state index contributed by atoms with van der Waals surface area (Å²) < 4.78 is 13.3. The molecule has 0 aliphatic heterocycles. The molecular formula is C15H19FN2O. The van der Waals surface area contributed by atoms with Crippen molar-refractivity contribution in [3.05, 3.63) is 54.9 Å². The van der Waals surface area contributed by atoms with Crippen molar-refractivity contribution in [2.75, 3.05) is 25.0 Å². The Morgan fingerprint density at radius 1 is 1.37 bits per heavy atom. The summed E-state index contributed by atoms with van der Waals surface area (Å²) in [5.41, 5.74) is 1.02. The van der Waals surface area contributed by atoms with Crippen molar-refractivity contribution in [2.24, 2.45) is 0 Å². The fraction of sp³-hybridized carbons (Fsp3) is 0.267. The molecule has 102 valence electrons. The lowest BCUT2D eigenvalue weighted by atomic mass is 10.2. The summed E-state index contributed by atoms with van der Waals surface area (Å²) in [6, 6.07) is 4.64. The molecule has 0 heterocycles. The van der Waals surface area contributed by atoms with Gasteiger partial charge in [0.15, 0.2) is 0 Å². The summed E-state index contributed by atoms with van der Waals surface area (Å²) in [6.07, 6.45) is 3.45. The van der Waals surface area contributed by atoms with Crippen LogP contribution in [0.3, 0.4) is 0 Å². The first kappa shape index (κ1) is 15.1. The molecule has 1 N–H and O–H groups in total. The van der Waals surface area contributed by atoms with Crippen molar-refractivity contribution >= 4 is 11.6 Å². The van der Waals surface area contributed by atoms with Gasteiger partial charge in [-0.15, -0.1) is 13.2 Å². The Hall–Kier alpha value is -1.94. The van der Waals surface area contributed by atoms with Crippen molar-refractivity contribution in [3.8, 4) is 0 Å². The maximum atomic E-state index is 13.3. The van der Waals surface area contributed by atoms with E-state index in [1.54, 1.807) is 31.2 Å². The largest absolute Gasteiger partial charge is 0.325 e. The van der Waals surface area contributed by atoms with Crippen molar-refractivity contribution in [1.82, 2.24) is 4.90 Å². The number of nitrogens with one attached hydrogen (secondary N) is 1. The third kappa shape index (κ3) is 5.06. The van der Waals surface area contributed by atoms with Crippen LogP contribution in [0.5, 0.6) is 0 Å². The van der Waals surface area contributed by atoms with E-state index < -0.39 is 0 Å². The van der Waals surface area contributed by atoms with Gasteiger partial charge in [-0.25, -0.2) is 4.39 Å². The normalized spacial score (nSPS) is 10.3. The molecule has 0 aromatic heterocycles. The summed E-state index contributed by atoms with van der Waals surface area (Å²) in [6.45, 7) is 10.4. The van der Waals surface area contributed by atoms with E-state index in [0.717, 1.165) is 0 Å². The molecule has 1 rings (SSSR count). The van der Waals surface area contributed by atoms with Gasteiger partial charge in [-0.05, 0) is 24.6 Å². The quantitative estimate of drug-likeness (QED) is 0.766. The van der Waals surface area contributed by atoms with E-state index in [0.29, 0.717) is 24.3 Å². The molecule has 0 fully saturated rings. The Morgan fingerprint density at radius 2 is 2.00 bits per heavy atom. The van der Waals surface area contributed by atoms with Crippen LogP contribution in [0.1, 0.15) is 5.56 Å². The van der Waals surface area contributed by atoms with Gasteiger partial charge < -0.3 is 5.32 Å².